The Balaban J connectivity index is 2.21. The summed E-state index contributed by atoms with van der Waals surface area (Å²) in [5.41, 5.74) is 0.655. The van der Waals surface area contributed by atoms with E-state index in [1.165, 1.54) is 4.90 Å². The number of hydrogen-bond acceptors (Lipinski definition) is 3. The average Bonchev–Trinajstić information content (AvgIpc) is 2.71. The van der Waals surface area contributed by atoms with Crippen LogP contribution < -0.4 is 4.90 Å². The highest BCUT2D eigenvalue weighted by atomic mass is 16.2. The summed E-state index contributed by atoms with van der Waals surface area (Å²) < 4.78 is 0. The van der Waals surface area contributed by atoms with Gasteiger partial charge in [-0.15, -0.1) is 0 Å². The lowest BCUT2D eigenvalue weighted by Gasteiger charge is -2.31. The van der Waals surface area contributed by atoms with Gasteiger partial charge in [0.1, 0.15) is 12.6 Å². The quantitative estimate of drug-likeness (QED) is 0.779. The van der Waals surface area contributed by atoms with Crippen molar-refractivity contribution in [3.05, 3.63) is 30.3 Å². The lowest BCUT2D eigenvalue weighted by atomic mass is 10.2. The normalized spacial score (nSPS) is 18.0. The van der Waals surface area contributed by atoms with Crippen molar-refractivity contribution in [3.8, 4) is 0 Å². The van der Waals surface area contributed by atoms with E-state index in [4.69, 9.17) is 0 Å². The molecule has 1 fully saturated rings. The first-order chi connectivity index (χ1) is 11.3. The molecule has 0 saturated carbocycles. The third kappa shape index (κ3) is 3.27. The molecule has 1 aliphatic heterocycles. The first kappa shape index (κ1) is 18.0. The van der Waals surface area contributed by atoms with Gasteiger partial charge in [-0.05, 0) is 46.8 Å². The number of urea groups is 1. The van der Waals surface area contributed by atoms with E-state index < -0.39 is 12.1 Å². The molecule has 1 atom stereocenters. The Bertz CT molecular complexity index is 620. The van der Waals surface area contributed by atoms with E-state index in [1.54, 1.807) is 24.0 Å². The fraction of sp³-hybridized carbons (Fsp3) is 0.500. The number of nitrogens with zero attached hydrogens (tertiary/aromatic N) is 3. The largest absolute Gasteiger partial charge is 0.336 e. The van der Waals surface area contributed by atoms with Crippen molar-refractivity contribution in [3.63, 3.8) is 0 Å². The molecule has 1 saturated heterocycles. The van der Waals surface area contributed by atoms with Gasteiger partial charge < -0.3 is 4.90 Å². The van der Waals surface area contributed by atoms with Crippen molar-refractivity contribution >= 4 is 23.5 Å². The highest BCUT2D eigenvalue weighted by molar-refractivity contribution is 6.15. The molecule has 0 radical (unpaired) electrons. The van der Waals surface area contributed by atoms with E-state index in [2.05, 4.69) is 0 Å². The molecule has 0 spiro atoms. The van der Waals surface area contributed by atoms with E-state index >= 15 is 0 Å². The van der Waals surface area contributed by atoms with Crippen LogP contribution in [0.25, 0.3) is 0 Å². The molecular formula is C18H25N3O3. The molecular weight excluding hydrogens is 306 g/mol. The van der Waals surface area contributed by atoms with Crippen LogP contribution in [0.15, 0.2) is 30.3 Å². The Morgan fingerprint density at radius 1 is 1.08 bits per heavy atom. The van der Waals surface area contributed by atoms with E-state index in [0.29, 0.717) is 5.69 Å². The smallest absolute Gasteiger partial charge is 0.332 e. The highest BCUT2D eigenvalue weighted by Gasteiger charge is 2.44. The topological polar surface area (TPSA) is 60.9 Å². The molecule has 1 aliphatic rings. The second-order valence-corrected chi connectivity index (χ2v) is 6.58. The molecule has 1 aromatic rings. The molecule has 6 nitrogen and oxygen atoms in total. The van der Waals surface area contributed by atoms with Crippen LogP contribution in [0.5, 0.6) is 0 Å². The maximum atomic E-state index is 12.7. The Morgan fingerprint density at radius 2 is 1.62 bits per heavy atom. The molecule has 1 unspecified atom stereocenters. The zero-order valence-corrected chi connectivity index (χ0v) is 14.9. The predicted molar refractivity (Wildman–Crippen MR) is 92.6 cm³/mol. The zero-order chi connectivity index (χ0) is 18.0. The molecule has 0 aromatic heterocycles. The van der Waals surface area contributed by atoms with Gasteiger partial charge in [0, 0.05) is 17.8 Å². The summed E-state index contributed by atoms with van der Waals surface area (Å²) in [4.78, 5) is 41.9. The molecule has 1 heterocycles. The summed E-state index contributed by atoms with van der Waals surface area (Å²) in [7, 11) is 0. The molecule has 0 N–H and O–H groups in total. The average molecular weight is 331 g/mol. The molecule has 130 valence electrons. The molecule has 4 amide bonds. The first-order valence-corrected chi connectivity index (χ1v) is 8.26. The molecule has 6 heteroatoms. The van der Waals surface area contributed by atoms with Crippen molar-refractivity contribution in [1.82, 2.24) is 9.80 Å². The summed E-state index contributed by atoms with van der Waals surface area (Å²) in [6, 6.07) is 7.99. The number of para-hydroxylation sites is 1. The van der Waals surface area contributed by atoms with E-state index in [1.807, 2.05) is 45.9 Å². The lowest BCUT2D eigenvalue weighted by molar-refractivity contribution is -0.139. The van der Waals surface area contributed by atoms with Gasteiger partial charge in [0.05, 0.1) is 0 Å². The predicted octanol–water partition coefficient (Wildman–Crippen LogP) is 2.49. The number of anilines is 1. The third-order valence-corrected chi connectivity index (χ3v) is 4.18. The van der Waals surface area contributed by atoms with Crippen LogP contribution in [-0.2, 0) is 9.59 Å². The Kier molecular flexibility index (Phi) is 5.26. The molecule has 0 bridgehead atoms. The lowest BCUT2D eigenvalue weighted by Crippen LogP contribution is -2.48. The summed E-state index contributed by atoms with van der Waals surface area (Å²) >= 11 is 0. The van der Waals surface area contributed by atoms with Crippen molar-refractivity contribution in [2.75, 3.05) is 11.4 Å². The number of imide groups is 1. The monoisotopic (exact) mass is 331 g/mol. The van der Waals surface area contributed by atoms with Gasteiger partial charge in [-0.2, -0.15) is 0 Å². The summed E-state index contributed by atoms with van der Waals surface area (Å²) in [6.45, 7) is 9.14. The summed E-state index contributed by atoms with van der Waals surface area (Å²) in [5, 5.41) is 0. The van der Waals surface area contributed by atoms with Crippen molar-refractivity contribution in [2.24, 2.45) is 0 Å². The Morgan fingerprint density at radius 3 is 2.12 bits per heavy atom. The van der Waals surface area contributed by atoms with E-state index in [0.717, 1.165) is 4.90 Å². The third-order valence-electron chi connectivity index (χ3n) is 4.18. The van der Waals surface area contributed by atoms with E-state index in [-0.39, 0.29) is 30.4 Å². The van der Waals surface area contributed by atoms with Gasteiger partial charge >= 0.3 is 6.03 Å². The number of amides is 4. The van der Waals surface area contributed by atoms with Gasteiger partial charge in [0.2, 0.25) is 5.91 Å². The van der Waals surface area contributed by atoms with Gasteiger partial charge in [-0.1, -0.05) is 18.2 Å². The Hall–Kier alpha value is -2.37. The SMILES string of the molecule is CC1C(=O)N(CC(=O)N(C(C)C)C(C)C)C(=O)N1c1ccccc1. The zero-order valence-electron chi connectivity index (χ0n) is 14.9. The minimum Gasteiger partial charge on any atom is -0.336 e. The fourth-order valence-corrected chi connectivity index (χ4v) is 3.18. The number of benzene rings is 1. The summed E-state index contributed by atoms with van der Waals surface area (Å²) in [6.07, 6.45) is 0. The molecule has 2 rings (SSSR count). The second-order valence-electron chi connectivity index (χ2n) is 6.58. The number of carbonyl (C=O) groups excluding carboxylic acids is 3. The van der Waals surface area contributed by atoms with Gasteiger partial charge in [-0.3, -0.25) is 19.4 Å². The van der Waals surface area contributed by atoms with E-state index in [9.17, 15) is 14.4 Å². The van der Waals surface area contributed by atoms with Crippen molar-refractivity contribution in [2.45, 2.75) is 52.7 Å². The minimum absolute atomic E-state index is 0.00737. The van der Waals surface area contributed by atoms with Crippen LogP contribution in [0.3, 0.4) is 0 Å². The van der Waals surface area contributed by atoms with Crippen LogP contribution in [0, 0.1) is 0 Å². The van der Waals surface area contributed by atoms with Crippen LogP contribution in [0.1, 0.15) is 34.6 Å². The minimum atomic E-state index is -0.612. The Labute approximate surface area is 143 Å². The standard InChI is InChI=1S/C18H25N3O3/c1-12(2)20(13(3)4)16(22)11-19-17(23)14(5)21(18(19)24)15-9-7-6-8-10-15/h6-10,12-14H,11H2,1-5H3. The van der Waals surface area contributed by atoms with Gasteiger partial charge in [0.25, 0.3) is 5.91 Å². The second kappa shape index (κ2) is 7.03. The molecule has 24 heavy (non-hydrogen) atoms. The maximum Gasteiger partial charge on any atom is 0.332 e. The maximum absolute atomic E-state index is 12.7. The number of rotatable bonds is 5. The number of hydrogen-bond donors (Lipinski definition) is 0. The highest BCUT2D eigenvalue weighted by Crippen LogP contribution is 2.25. The van der Waals surface area contributed by atoms with Crippen LogP contribution in [0.2, 0.25) is 0 Å². The number of carbonyl (C=O) groups is 3. The summed E-state index contributed by atoms with van der Waals surface area (Å²) in [5.74, 6) is -0.562. The molecule has 0 aliphatic carbocycles. The molecule has 1 aromatic carbocycles. The first-order valence-electron chi connectivity index (χ1n) is 8.26. The van der Waals surface area contributed by atoms with Gasteiger partial charge in [0.15, 0.2) is 0 Å². The van der Waals surface area contributed by atoms with Crippen LogP contribution >= 0.6 is 0 Å². The van der Waals surface area contributed by atoms with Crippen molar-refractivity contribution < 1.29 is 14.4 Å². The fourth-order valence-electron chi connectivity index (χ4n) is 3.18. The van der Waals surface area contributed by atoms with Crippen LogP contribution in [-0.4, -0.2) is 52.3 Å². The van der Waals surface area contributed by atoms with Crippen molar-refractivity contribution in [1.29, 1.82) is 0 Å². The van der Waals surface area contributed by atoms with Gasteiger partial charge in [-0.25, -0.2) is 4.79 Å². The van der Waals surface area contributed by atoms with Crippen LogP contribution in [0.4, 0.5) is 10.5 Å².